The first-order chi connectivity index (χ1) is 11.0. The highest BCUT2D eigenvalue weighted by Gasteiger charge is 2.23. The Balaban J connectivity index is 1.58. The van der Waals surface area contributed by atoms with Crippen molar-refractivity contribution in [3.63, 3.8) is 0 Å². The van der Waals surface area contributed by atoms with Gasteiger partial charge in [-0.15, -0.1) is 0 Å². The standard InChI is InChI=1S/C15H16Cl2N4OS/c1-10-18-15(23-19-10)21-6-4-20(5-7-21)14(22)8-11-2-3-12(16)9-13(11)17/h2-3,9H,4-8H2,1H3. The molecule has 1 aliphatic heterocycles. The van der Waals surface area contributed by atoms with E-state index >= 15 is 0 Å². The van der Waals surface area contributed by atoms with Crippen LogP contribution in [-0.2, 0) is 11.2 Å². The molecule has 1 aromatic carbocycles. The van der Waals surface area contributed by atoms with E-state index in [1.165, 1.54) is 11.5 Å². The van der Waals surface area contributed by atoms with E-state index in [2.05, 4.69) is 14.3 Å². The summed E-state index contributed by atoms with van der Waals surface area (Å²) in [7, 11) is 0. The number of hydrogen-bond donors (Lipinski definition) is 0. The van der Waals surface area contributed by atoms with E-state index in [4.69, 9.17) is 23.2 Å². The number of piperazine rings is 1. The van der Waals surface area contributed by atoms with Crippen LogP contribution in [0.25, 0.3) is 0 Å². The van der Waals surface area contributed by atoms with E-state index in [0.717, 1.165) is 29.6 Å². The number of amides is 1. The number of carbonyl (C=O) groups is 1. The summed E-state index contributed by atoms with van der Waals surface area (Å²) in [6.45, 7) is 4.80. The molecule has 8 heteroatoms. The van der Waals surface area contributed by atoms with E-state index in [9.17, 15) is 4.79 Å². The second-order valence-corrected chi connectivity index (χ2v) is 6.98. The van der Waals surface area contributed by atoms with Crippen molar-refractivity contribution < 1.29 is 4.79 Å². The SMILES string of the molecule is Cc1nsc(N2CCN(C(=O)Cc3ccc(Cl)cc3Cl)CC2)n1. The summed E-state index contributed by atoms with van der Waals surface area (Å²) < 4.78 is 4.20. The summed E-state index contributed by atoms with van der Waals surface area (Å²) in [6.07, 6.45) is 0.300. The van der Waals surface area contributed by atoms with Crippen molar-refractivity contribution in [3.05, 3.63) is 39.6 Å². The molecule has 1 saturated heterocycles. The molecule has 23 heavy (non-hydrogen) atoms. The molecular formula is C15H16Cl2N4OS. The summed E-state index contributed by atoms with van der Waals surface area (Å²) in [5.74, 6) is 0.878. The lowest BCUT2D eigenvalue weighted by Crippen LogP contribution is -2.49. The Bertz CT molecular complexity index is 713. The van der Waals surface area contributed by atoms with Gasteiger partial charge in [0.15, 0.2) is 0 Å². The molecule has 2 aromatic rings. The molecule has 2 heterocycles. The van der Waals surface area contributed by atoms with Crippen LogP contribution in [0.3, 0.4) is 0 Å². The molecule has 0 atom stereocenters. The Morgan fingerprint density at radius 3 is 2.61 bits per heavy atom. The molecule has 1 aromatic heterocycles. The van der Waals surface area contributed by atoms with Gasteiger partial charge in [-0.1, -0.05) is 29.3 Å². The molecule has 1 aliphatic rings. The van der Waals surface area contributed by atoms with Crippen molar-refractivity contribution in [2.24, 2.45) is 0 Å². The summed E-state index contributed by atoms with van der Waals surface area (Å²) in [6, 6.07) is 5.23. The first-order valence-corrected chi connectivity index (χ1v) is 8.83. The lowest BCUT2D eigenvalue weighted by Gasteiger charge is -2.34. The lowest BCUT2D eigenvalue weighted by molar-refractivity contribution is -0.130. The summed E-state index contributed by atoms with van der Waals surface area (Å²) in [5, 5.41) is 2.04. The molecule has 122 valence electrons. The van der Waals surface area contributed by atoms with Crippen LogP contribution in [-0.4, -0.2) is 46.3 Å². The van der Waals surface area contributed by atoms with Crippen molar-refractivity contribution in [2.75, 3.05) is 31.1 Å². The van der Waals surface area contributed by atoms with Crippen LogP contribution in [0, 0.1) is 6.92 Å². The maximum atomic E-state index is 12.4. The third-order valence-corrected chi connectivity index (χ3v) is 5.23. The van der Waals surface area contributed by atoms with Gasteiger partial charge in [-0.2, -0.15) is 4.37 Å². The second kappa shape index (κ2) is 7.03. The van der Waals surface area contributed by atoms with Crippen LogP contribution in [0.1, 0.15) is 11.4 Å². The van der Waals surface area contributed by atoms with Gasteiger partial charge >= 0.3 is 0 Å². The Morgan fingerprint density at radius 1 is 1.26 bits per heavy atom. The van der Waals surface area contributed by atoms with Gasteiger partial charge in [-0.3, -0.25) is 4.79 Å². The monoisotopic (exact) mass is 370 g/mol. The molecule has 0 aliphatic carbocycles. The van der Waals surface area contributed by atoms with Gasteiger partial charge in [-0.05, 0) is 24.6 Å². The number of rotatable bonds is 3. The summed E-state index contributed by atoms with van der Waals surface area (Å²) in [4.78, 5) is 20.9. The van der Waals surface area contributed by atoms with Crippen molar-refractivity contribution in [3.8, 4) is 0 Å². The number of halogens is 2. The van der Waals surface area contributed by atoms with Gasteiger partial charge < -0.3 is 9.80 Å². The minimum atomic E-state index is 0.0855. The molecular weight excluding hydrogens is 355 g/mol. The van der Waals surface area contributed by atoms with Crippen molar-refractivity contribution >= 4 is 45.8 Å². The highest BCUT2D eigenvalue weighted by Crippen LogP contribution is 2.23. The first-order valence-electron chi connectivity index (χ1n) is 7.30. The number of aryl methyl sites for hydroxylation is 1. The van der Waals surface area contributed by atoms with Crippen molar-refractivity contribution in [1.82, 2.24) is 14.3 Å². The van der Waals surface area contributed by atoms with Crippen molar-refractivity contribution in [1.29, 1.82) is 0 Å². The molecule has 1 fully saturated rings. The van der Waals surface area contributed by atoms with Crippen molar-refractivity contribution in [2.45, 2.75) is 13.3 Å². The van der Waals surface area contributed by atoms with E-state index in [1.807, 2.05) is 17.9 Å². The van der Waals surface area contributed by atoms with Gasteiger partial charge in [-0.25, -0.2) is 4.98 Å². The predicted octanol–water partition coefficient (Wildman–Crippen LogP) is 3.04. The molecule has 5 nitrogen and oxygen atoms in total. The number of hydrogen-bond acceptors (Lipinski definition) is 5. The third kappa shape index (κ3) is 3.94. The minimum absolute atomic E-state index is 0.0855. The molecule has 0 N–H and O–H groups in total. The average molecular weight is 371 g/mol. The zero-order valence-electron chi connectivity index (χ0n) is 12.6. The Morgan fingerprint density at radius 2 is 2.00 bits per heavy atom. The fourth-order valence-electron chi connectivity index (χ4n) is 2.50. The zero-order chi connectivity index (χ0) is 16.4. The van der Waals surface area contributed by atoms with Crippen LogP contribution in [0.2, 0.25) is 10.0 Å². The Hall–Kier alpha value is -1.37. The van der Waals surface area contributed by atoms with Gasteiger partial charge in [0.05, 0.1) is 6.42 Å². The fraction of sp³-hybridized carbons (Fsp3) is 0.400. The van der Waals surface area contributed by atoms with Gasteiger partial charge in [0.1, 0.15) is 5.82 Å². The Labute approximate surface area is 149 Å². The van der Waals surface area contributed by atoms with Crippen LogP contribution in [0.5, 0.6) is 0 Å². The van der Waals surface area contributed by atoms with E-state index < -0.39 is 0 Å². The predicted molar refractivity (Wildman–Crippen MR) is 93.6 cm³/mol. The highest BCUT2D eigenvalue weighted by molar-refractivity contribution is 7.09. The van der Waals surface area contributed by atoms with Gasteiger partial charge in [0.2, 0.25) is 11.0 Å². The maximum Gasteiger partial charge on any atom is 0.227 e. The molecule has 0 spiro atoms. The molecule has 0 saturated carbocycles. The van der Waals surface area contributed by atoms with E-state index in [1.54, 1.807) is 12.1 Å². The molecule has 1 amide bonds. The highest BCUT2D eigenvalue weighted by atomic mass is 35.5. The molecule has 0 bridgehead atoms. The Kier molecular flexibility index (Phi) is 5.04. The normalized spacial score (nSPS) is 15.1. The van der Waals surface area contributed by atoms with Crippen LogP contribution >= 0.6 is 34.7 Å². The number of anilines is 1. The lowest BCUT2D eigenvalue weighted by atomic mass is 10.1. The number of benzene rings is 1. The molecule has 0 unspecified atom stereocenters. The summed E-state index contributed by atoms with van der Waals surface area (Å²) >= 11 is 13.4. The van der Waals surface area contributed by atoms with Gasteiger partial charge in [0.25, 0.3) is 0 Å². The number of nitrogens with zero attached hydrogens (tertiary/aromatic N) is 4. The van der Waals surface area contributed by atoms with E-state index in [0.29, 0.717) is 29.6 Å². The maximum absolute atomic E-state index is 12.4. The number of carbonyl (C=O) groups excluding carboxylic acids is 1. The van der Waals surface area contributed by atoms with Crippen LogP contribution < -0.4 is 4.90 Å². The quantitative estimate of drug-likeness (QED) is 0.832. The second-order valence-electron chi connectivity index (χ2n) is 5.40. The largest absolute Gasteiger partial charge is 0.343 e. The topological polar surface area (TPSA) is 49.3 Å². The van der Waals surface area contributed by atoms with E-state index in [-0.39, 0.29) is 5.91 Å². The molecule has 3 rings (SSSR count). The minimum Gasteiger partial charge on any atom is -0.343 e. The summed E-state index contributed by atoms with van der Waals surface area (Å²) in [5.41, 5.74) is 0.809. The fourth-order valence-corrected chi connectivity index (χ4v) is 3.70. The average Bonchev–Trinajstić information content (AvgIpc) is 2.97. The first kappa shape index (κ1) is 16.5. The van der Waals surface area contributed by atoms with Crippen LogP contribution in [0.4, 0.5) is 5.13 Å². The van der Waals surface area contributed by atoms with Gasteiger partial charge in [0, 0.05) is 47.8 Å². The zero-order valence-corrected chi connectivity index (χ0v) is 15.0. The number of aromatic nitrogens is 2. The smallest absolute Gasteiger partial charge is 0.227 e. The third-order valence-electron chi connectivity index (χ3n) is 3.78. The van der Waals surface area contributed by atoms with Crippen LogP contribution in [0.15, 0.2) is 18.2 Å². The molecule has 0 radical (unpaired) electrons.